The molecule has 0 atom stereocenters. The number of carbonyl (C=O) groups excluding carboxylic acids is 1. The summed E-state index contributed by atoms with van der Waals surface area (Å²) in [7, 11) is 0. The van der Waals surface area contributed by atoms with Crippen molar-refractivity contribution in [3.63, 3.8) is 0 Å². The van der Waals surface area contributed by atoms with Crippen LogP contribution in [0.15, 0.2) is 65.5 Å². The molecule has 166 valence electrons. The number of ether oxygens (including phenoxy) is 1. The summed E-state index contributed by atoms with van der Waals surface area (Å²) < 4.78 is 6.60. The van der Waals surface area contributed by atoms with Gasteiger partial charge in [-0.15, -0.1) is 0 Å². The second-order valence-electron chi connectivity index (χ2n) is 7.81. The number of rotatable bonds is 7. The van der Waals surface area contributed by atoms with Gasteiger partial charge in [-0.25, -0.2) is 4.68 Å². The molecule has 1 N–H and O–H groups in total. The van der Waals surface area contributed by atoms with Gasteiger partial charge in [0.1, 0.15) is 12.3 Å². The Hall–Kier alpha value is -3.61. The van der Waals surface area contributed by atoms with Crippen LogP contribution in [-0.2, 0) is 11.3 Å². The van der Waals surface area contributed by atoms with E-state index in [2.05, 4.69) is 27.4 Å². The molecule has 0 bridgehead atoms. The van der Waals surface area contributed by atoms with Crippen LogP contribution < -0.4 is 20.5 Å². The molecule has 1 aliphatic heterocycles. The highest BCUT2D eigenvalue weighted by Gasteiger charge is 2.12. The van der Waals surface area contributed by atoms with Gasteiger partial charge in [-0.05, 0) is 68.7 Å². The number of nitrogens with one attached hydrogen (secondary N) is 1. The first-order valence-electron chi connectivity index (χ1n) is 11.1. The predicted octanol–water partition coefficient (Wildman–Crippen LogP) is 3.94. The highest BCUT2D eigenvalue weighted by Crippen LogP contribution is 2.23. The van der Waals surface area contributed by atoms with Crippen LogP contribution in [0, 0.1) is 0 Å². The summed E-state index contributed by atoms with van der Waals surface area (Å²) in [5.74, 6) is 0.420. The van der Waals surface area contributed by atoms with Crippen molar-refractivity contribution in [1.82, 2.24) is 9.78 Å². The monoisotopic (exact) mass is 432 g/mol. The van der Waals surface area contributed by atoms with Gasteiger partial charge in [-0.1, -0.05) is 12.1 Å². The van der Waals surface area contributed by atoms with E-state index < -0.39 is 0 Å². The van der Waals surface area contributed by atoms with E-state index in [4.69, 9.17) is 4.74 Å². The van der Waals surface area contributed by atoms with Crippen molar-refractivity contribution in [3.8, 4) is 17.0 Å². The highest BCUT2D eigenvalue weighted by atomic mass is 16.5. The number of nitrogens with zero attached hydrogens (tertiary/aromatic N) is 3. The van der Waals surface area contributed by atoms with Gasteiger partial charge in [0.25, 0.3) is 5.56 Å². The van der Waals surface area contributed by atoms with Gasteiger partial charge in [0.15, 0.2) is 0 Å². The van der Waals surface area contributed by atoms with Gasteiger partial charge in [-0.3, -0.25) is 9.59 Å². The molecule has 3 aromatic rings. The van der Waals surface area contributed by atoms with Gasteiger partial charge in [0, 0.05) is 36.1 Å². The SMILES string of the molecule is CCOc1ccc(NC(=O)Cn2nc(-c3ccc(N4CCCCC4)cc3)ccc2=O)cc1. The van der Waals surface area contributed by atoms with E-state index in [-0.39, 0.29) is 18.0 Å². The van der Waals surface area contributed by atoms with E-state index in [9.17, 15) is 9.59 Å². The topological polar surface area (TPSA) is 76.5 Å². The molecule has 2 aromatic carbocycles. The Labute approximate surface area is 187 Å². The predicted molar refractivity (Wildman–Crippen MR) is 126 cm³/mol. The summed E-state index contributed by atoms with van der Waals surface area (Å²) in [6.45, 7) is 4.51. The standard InChI is InChI=1S/C25H28N4O3/c1-2-32-22-12-8-20(9-13-22)26-24(30)18-29-25(31)15-14-23(27-29)19-6-10-21(11-7-19)28-16-4-3-5-17-28/h6-15H,2-5,16-18H2,1H3,(H,26,30). The van der Waals surface area contributed by atoms with Crippen LogP contribution >= 0.6 is 0 Å². The molecule has 32 heavy (non-hydrogen) atoms. The van der Waals surface area contributed by atoms with Crippen LogP contribution in [0.4, 0.5) is 11.4 Å². The van der Waals surface area contributed by atoms with Gasteiger partial charge >= 0.3 is 0 Å². The molecule has 0 radical (unpaired) electrons. The zero-order valence-electron chi connectivity index (χ0n) is 18.3. The molecule has 1 saturated heterocycles. The number of aromatic nitrogens is 2. The minimum atomic E-state index is -0.319. The fourth-order valence-electron chi connectivity index (χ4n) is 3.85. The van der Waals surface area contributed by atoms with E-state index in [0.717, 1.165) is 24.4 Å². The maximum Gasteiger partial charge on any atom is 0.267 e. The Balaban J connectivity index is 1.44. The number of hydrogen-bond acceptors (Lipinski definition) is 5. The number of amides is 1. The number of hydrogen-bond donors (Lipinski definition) is 1. The second-order valence-corrected chi connectivity index (χ2v) is 7.81. The molecule has 2 heterocycles. The number of carbonyl (C=O) groups is 1. The van der Waals surface area contributed by atoms with Gasteiger partial charge in [0.2, 0.25) is 5.91 Å². The van der Waals surface area contributed by atoms with E-state index in [1.807, 2.05) is 19.1 Å². The average molecular weight is 433 g/mol. The van der Waals surface area contributed by atoms with Crippen molar-refractivity contribution in [1.29, 1.82) is 0 Å². The van der Waals surface area contributed by atoms with Crippen molar-refractivity contribution < 1.29 is 9.53 Å². The molecule has 1 aliphatic rings. The smallest absolute Gasteiger partial charge is 0.267 e. The van der Waals surface area contributed by atoms with Crippen molar-refractivity contribution in [2.75, 3.05) is 29.9 Å². The second kappa shape index (κ2) is 10.1. The van der Waals surface area contributed by atoms with Gasteiger partial charge in [0.05, 0.1) is 12.3 Å². The van der Waals surface area contributed by atoms with Crippen LogP contribution in [0.1, 0.15) is 26.2 Å². The zero-order chi connectivity index (χ0) is 22.3. The Morgan fingerprint density at radius 3 is 2.38 bits per heavy atom. The van der Waals surface area contributed by atoms with Crippen LogP contribution in [0.5, 0.6) is 5.75 Å². The highest BCUT2D eigenvalue weighted by molar-refractivity contribution is 5.90. The number of benzene rings is 2. The lowest BCUT2D eigenvalue weighted by Gasteiger charge is -2.28. The van der Waals surface area contributed by atoms with Crippen molar-refractivity contribution in [2.45, 2.75) is 32.7 Å². The summed E-state index contributed by atoms with van der Waals surface area (Å²) in [4.78, 5) is 27.1. The largest absolute Gasteiger partial charge is 0.494 e. The number of anilines is 2. The first-order valence-corrected chi connectivity index (χ1v) is 11.1. The third-order valence-corrected chi connectivity index (χ3v) is 5.49. The van der Waals surface area contributed by atoms with Crippen molar-refractivity contribution in [3.05, 3.63) is 71.0 Å². The molecule has 0 spiro atoms. The molecule has 1 amide bonds. The van der Waals surface area contributed by atoms with E-state index in [1.165, 1.54) is 35.7 Å². The van der Waals surface area contributed by atoms with Crippen molar-refractivity contribution >= 4 is 17.3 Å². The summed E-state index contributed by atoms with van der Waals surface area (Å²) in [6.07, 6.45) is 3.76. The zero-order valence-corrected chi connectivity index (χ0v) is 18.3. The molecule has 7 heteroatoms. The third kappa shape index (κ3) is 5.35. The van der Waals surface area contributed by atoms with Crippen molar-refractivity contribution in [2.24, 2.45) is 0 Å². The molecule has 1 fully saturated rings. The Morgan fingerprint density at radius 2 is 1.69 bits per heavy atom. The van der Waals surface area contributed by atoms with Crippen LogP contribution in [0.2, 0.25) is 0 Å². The summed E-state index contributed by atoms with van der Waals surface area (Å²) in [6, 6.07) is 18.5. The Bertz CT molecular complexity index is 1100. The van der Waals surface area contributed by atoms with Crippen LogP contribution in [-0.4, -0.2) is 35.4 Å². The molecule has 0 saturated carbocycles. The van der Waals surface area contributed by atoms with Crippen LogP contribution in [0.25, 0.3) is 11.3 Å². The maximum atomic E-state index is 12.5. The van der Waals surface area contributed by atoms with E-state index in [1.54, 1.807) is 30.3 Å². The van der Waals surface area contributed by atoms with Crippen LogP contribution in [0.3, 0.4) is 0 Å². The van der Waals surface area contributed by atoms with Gasteiger partial charge < -0.3 is 15.0 Å². The molecular weight excluding hydrogens is 404 g/mol. The third-order valence-electron chi connectivity index (χ3n) is 5.49. The summed E-state index contributed by atoms with van der Waals surface area (Å²) >= 11 is 0. The summed E-state index contributed by atoms with van der Waals surface area (Å²) in [5, 5.41) is 7.20. The first-order chi connectivity index (χ1) is 15.6. The average Bonchev–Trinajstić information content (AvgIpc) is 2.83. The molecule has 0 unspecified atom stereocenters. The van der Waals surface area contributed by atoms with Gasteiger partial charge in [-0.2, -0.15) is 5.10 Å². The first kappa shape index (κ1) is 21.6. The maximum absolute atomic E-state index is 12.5. The Morgan fingerprint density at radius 1 is 0.969 bits per heavy atom. The minimum Gasteiger partial charge on any atom is -0.494 e. The van der Waals surface area contributed by atoms with E-state index >= 15 is 0 Å². The molecular formula is C25H28N4O3. The minimum absolute atomic E-state index is 0.161. The van der Waals surface area contributed by atoms with E-state index in [0.29, 0.717) is 18.0 Å². The fourth-order valence-corrected chi connectivity index (χ4v) is 3.85. The number of piperidine rings is 1. The fraction of sp³-hybridized carbons (Fsp3) is 0.320. The molecule has 7 nitrogen and oxygen atoms in total. The lowest BCUT2D eigenvalue weighted by atomic mass is 10.1. The normalized spacial score (nSPS) is 13.6. The quantitative estimate of drug-likeness (QED) is 0.612. The molecule has 4 rings (SSSR count). The molecule has 0 aliphatic carbocycles. The summed E-state index contributed by atoms with van der Waals surface area (Å²) in [5.41, 5.74) is 3.09. The lowest BCUT2D eigenvalue weighted by molar-refractivity contribution is -0.117. The molecule has 1 aromatic heterocycles. The lowest BCUT2D eigenvalue weighted by Crippen LogP contribution is -2.29. The Kier molecular flexibility index (Phi) is 6.84.